The zero-order valence-electron chi connectivity index (χ0n) is 9.89. The average molecular weight is 239 g/mol. The van der Waals surface area contributed by atoms with Gasteiger partial charge in [-0.05, 0) is 18.8 Å². The summed E-state index contributed by atoms with van der Waals surface area (Å²) in [4.78, 5) is 7.90. The Morgan fingerprint density at radius 1 is 1.35 bits per heavy atom. The molecule has 1 fully saturated rings. The summed E-state index contributed by atoms with van der Waals surface area (Å²) in [5, 5.41) is 0. The van der Waals surface area contributed by atoms with Crippen molar-refractivity contribution in [2.24, 2.45) is 5.92 Å². The SMILES string of the molecule is COc1ncnc(OCC2CCOCC2)c1N. The maximum atomic E-state index is 5.81. The number of methoxy groups -OCH3 is 1. The van der Waals surface area contributed by atoms with Gasteiger partial charge in [0.25, 0.3) is 0 Å². The second-order valence-electron chi connectivity index (χ2n) is 3.97. The topological polar surface area (TPSA) is 79.5 Å². The van der Waals surface area contributed by atoms with Crippen molar-refractivity contribution in [1.82, 2.24) is 9.97 Å². The lowest BCUT2D eigenvalue weighted by Gasteiger charge is -2.22. The quantitative estimate of drug-likeness (QED) is 0.840. The van der Waals surface area contributed by atoms with Crippen molar-refractivity contribution in [3.63, 3.8) is 0 Å². The normalized spacial score (nSPS) is 16.8. The van der Waals surface area contributed by atoms with Crippen LogP contribution in [0, 0.1) is 5.92 Å². The second kappa shape index (κ2) is 5.67. The first-order chi connectivity index (χ1) is 8.31. The largest absolute Gasteiger partial charge is 0.479 e. The maximum Gasteiger partial charge on any atom is 0.244 e. The van der Waals surface area contributed by atoms with Gasteiger partial charge in [0.05, 0.1) is 13.7 Å². The van der Waals surface area contributed by atoms with E-state index in [-0.39, 0.29) is 0 Å². The Bertz CT molecular complexity index is 367. The molecule has 2 N–H and O–H groups in total. The summed E-state index contributed by atoms with van der Waals surface area (Å²) in [7, 11) is 1.51. The average Bonchev–Trinajstić information content (AvgIpc) is 2.39. The third kappa shape index (κ3) is 2.97. The summed E-state index contributed by atoms with van der Waals surface area (Å²) in [6, 6.07) is 0. The molecule has 0 amide bonds. The first-order valence-electron chi connectivity index (χ1n) is 5.66. The number of nitrogens with zero attached hydrogens (tertiary/aromatic N) is 2. The number of ether oxygens (including phenoxy) is 3. The summed E-state index contributed by atoms with van der Waals surface area (Å²) in [5.41, 5.74) is 6.16. The molecule has 6 heteroatoms. The maximum absolute atomic E-state index is 5.81. The third-order valence-corrected chi connectivity index (χ3v) is 2.80. The molecule has 94 valence electrons. The molecule has 2 heterocycles. The molecule has 0 aliphatic carbocycles. The molecular weight excluding hydrogens is 222 g/mol. The molecule has 1 saturated heterocycles. The Hall–Kier alpha value is -1.56. The first kappa shape index (κ1) is 11.9. The summed E-state index contributed by atoms with van der Waals surface area (Å²) >= 11 is 0. The zero-order chi connectivity index (χ0) is 12.1. The minimum absolute atomic E-state index is 0.349. The molecule has 0 aromatic carbocycles. The van der Waals surface area contributed by atoms with Crippen molar-refractivity contribution in [2.45, 2.75) is 12.8 Å². The van der Waals surface area contributed by atoms with Gasteiger partial charge in [-0.3, -0.25) is 0 Å². The van der Waals surface area contributed by atoms with Crippen molar-refractivity contribution in [1.29, 1.82) is 0 Å². The molecule has 2 rings (SSSR count). The number of aromatic nitrogens is 2. The summed E-state index contributed by atoms with van der Waals surface area (Å²) < 4.78 is 15.9. The molecule has 0 atom stereocenters. The van der Waals surface area contributed by atoms with Crippen LogP contribution in [0.4, 0.5) is 5.69 Å². The Morgan fingerprint density at radius 2 is 2.06 bits per heavy atom. The van der Waals surface area contributed by atoms with E-state index in [2.05, 4.69) is 9.97 Å². The highest BCUT2D eigenvalue weighted by Crippen LogP contribution is 2.27. The molecule has 0 unspecified atom stereocenters. The second-order valence-corrected chi connectivity index (χ2v) is 3.97. The van der Waals surface area contributed by atoms with Gasteiger partial charge >= 0.3 is 0 Å². The van der Waals surface area contributed by atoms with Gasteiger partial charge < -0.3 is 19.9 Å². The monoisotopic (exact) mass is 239 g/mol. The van der Waals surface area contributed by atoms with Gasteiger partial charge in [-0.25, -0.2) is 0 Å². The van der Waals surface area contributed by atoms with Crippen molar-refractivity contribution in [3.8, 4) is 11.8 Å². The predicted octanol–water partition coefficient (Wildman–Crippen LogP) is 0.873. The molecule has 1 aromatic heterocycles. The highest BCUT2D eigenvalue weighted by atomic mass is 16.5. The van der Waals surface area contributed by atoms with Gasteiger partial charge in [0.1, 0.15) is 6.33 Å². The van der Waals surface area contributed by atoms with Crippen molar-refractivity contribution in [2.75, 3.05) is 32.7 Å². The highest BCUT2D eigenvalue weighted by molar-refractivity contribution is 5.55. The van der Waals surface area contributed by atoms with E-state index in [0.29, 0.717) is 30.0 Å². The Labute approximate surface area is 100 Å². The van der Waals surface area contributed by atoms with E-state index in [9.17, 15) is 0 Å². The van der Waals surface area contributed by atoms with Crippen LogP contribution in [0.3, 0.4) is 0 Å². The number of rotatable bonds is 4. The molecule has 0 bridgehead atoms. The summed E-state index contributed by atoms with van der Waals surface area (Å²) in [6.07, 6.45) is 3.42. The fraction of sp³-hybridized carbons (Fsp3) is 0.636. The fourth-order valence-electron chi connectivity index (χ4n) is 1.75. The molecule has 0 saturated carbocycles. The van der Waals surface area contributed by atoms with Crippen LogP contribution >= 0.6 is 0 Å². The van der Waals surface area contributed by atoms with Crippen LogP contribution < -0.4 is 15.2 Å². The number of nitrogen functional groups attached to an aromatic ring is 1. The van der Waals surface area contributed by atoms with Crippen LogP contribution in [0.1, 0.15) is 12.8 Å². The number of hydrogen-bond donors (Lipinski definition) is 1. The number of hydrogen-bond acceptors (Lipinski definition) is 6. The van der Waals surface area contributed by atoms with Crippen LogP contribution in [-0.2, 0) is 4.74 Å². The van der Waals surface area contributed by atoms with E-state index >= 15 is 0 Å². The lowest BCUT2D eigenvalue weighted by molar-refractivity contribution is 0.0491. The standard InChI is InChI=1S/C11H17N3O3/c1-15-10-9(12)11(14-7-13-10)17-6-8-2-4-16-5-3-8/h7-8H,2-6,12H2,1H3. The van der Waals surface area contributed by atoms with Gasteiger partial charge in [-0.1, -0.05) is 0 Å². The lowest BCUT2D eigenvalue weighted by Crippen LogP contribution is -2.22. The van der Waals surface area contributed by atoms with Gasteiger partial charge in [-0.15, -0.1) is 0 Å². The van der Waals surface area contributed by atoms with Crippen LogP contribution in [0.25, 0.3) is 0 Å². The minimum atomic E-state index is 0.349. The van der Waals surface area contributed by atoms with Crippen LogP contribution in [0.2, 0.25) is 0 Å². The molecular formula is C11H17N3O3. The van der Waals surface area contributed by atoms with Crippen molar-refractivity contribution in [3.05, 3.63) is 6.33 Å². The highest BCUT2D eigenvalue weighted by Gasteiger charge is 2.16. The van der Waals surface area contributed by atoms with Gasteiger partial charge in [-0.2, -0.15) is 9.97 Å². The summed E-state index contributed by atoms with van der Waals surface area (Å²) in [6.45, 7) is 2.21. The van der Waals surface area contributed by atoms with E-state index in [1.165, 1.54) is 13.4 Å². The molecule has 1 aliphatic heterocycles. The molecule has 17 heavy (non-hydrogen) atoms. The molecule has 6 nitrogen and oxygen atoms in total. The number of anilines is 1. The van der Waals surface area contributed by atoms with Crippen LogP contribution in [-0.4, -0.2) is 36.9 Å². The zero-order valence-corrected chi connectivity index (χ0v) is 9.89. The smallest absolute Gasteiger partial charge is 0.244 e. The minimum Gasteiger partial charge on any atom is -0.479 e. The predicted molar refractivity (Wildman–Crippen MR) is 62.0 cm³/mol. The van der Waals surface area contributed by atoms with E-state index in [4.69, 9.17) is 19.9 Å². The number of nitrogens with two attached hydrogens (primary N) is 1. The van der Waals surface area contributed by atoms with Gasteiger partial charge in [0, 0.05) is 13.2 Å². The van der Waals surface area contributed by atoms with E-state index < -0.39 is 0 Å². The van der Waals surface area contributed by atoms with E-state index in [0.717, 1.165) is 26.1 Å². The fourth-order valence-corrected chi connectivity index (χ4v) is 1.75. The van der Waals surface area contributed by atoms with E-state index in [1.54, 1.807) is 0 Å². The van der Waals surface area contributed by atoms with Gasteiger partial charge in [0.15, 0.2) is 5.69 Å². The molecule has 0 spiro atoms. The molecule has 1 aliphatic rings. The first-order valence-corrected chi connectivity index (χ1v) is 5.66. The van der Waals surface area contributed by atoms with Crippen LogP contribution in [0.5, 0.6) is 11.8 Å². The van der Waals surface area contributed by atoms with E-state index in [1.807, 2.05) is 0 Å². The lowest BCUT2D eigenvalue weighted by atomic mass is 10.0. The van der Waals surface area contributed by atoms with Crippen LogP contribution in [0.15, 0.2) is 6.33 Å². The Balaban J connectivity index is 1.93. The Morgan fingerprint density at radius 3 is 2.76 bits per heavy atom. The third-order valence-electron chi connectivity index (χ3n) is 2.80. The van der Waals surface area contributed by atoms with Crippen molar-refractivity contribution >= 4 is 5.69 Å². The van der Waals surface area contributed by atoms with Crippen molar-refractivity contribution < 1.29 is 14.2 Å². The van der Waals surface area contributed by atoms with Gasteiger partial charge in [0.2, 0.25) is 11.8 Å². The summed E-state index contributed by atoms with van der Waals surface area (Å²) in [5.74, 6) is 1.24. The Kier molecular flexibility index (Phi) is 3.98. The molecule has 1 aromatic rings. The molecule has 0 radical (unpaired) electrons.